The second-order valence-corrected chi connectivity index (χ2v) is 5.37. The van der Waals surface area contributed by atoms with Crippen LogP contribution in [0.2, 0.25) is 5.02 Å². The molecule has 0 aromatic heterocycles. The number of hydrogen-bond donors (Lipinski definition) is 1. The summed E-state index contributed by atoms with van der Waals surface area (Å²) in [6.07, 6.45) is 1.32. The molecule has 1 saturated carbocycles. The Kier molecular flexibility index (Phi) is 2.68. The lowest BCUT2D eigenvalue weighted by molar-refractivity contribution is -0.140. The SMILES string of the molecule is COc1cc2ccc(Cl)cc2cc1C1(C(=O)O)CC1. The van der Waals surface area contributed by atoms with E-state index in [-0.39, 0.29) is 0 Å². The number of methoxy groups -OCH3 is 1. The number of carboxylic acids is 1. The van der Waals surface area contributed by atoms with Crippen molar-refractivity contribution in [2.24, 2.45) is 0 Å². The third-order valence-electron chi connectivity index (χ3n) is 3.80. The van der Waals surface area contributed by atoms with Gasteiger partial charge in [-0.15, -0.1) is 0 Å². The standard InChI is InChI=1S/C15H13ClO3/c1-19-13-8-9-2-3-11(16)6-10(9)7-12(13)15(4-5-15)14(17)18/h2-3,6-8H,4-5H2,1H3,(H,17,18). The number of carbonyl (C=O) groups is 1. The first kappa shape index (κ1) is 12.3. The lowest BCUT2D eigenvalue weighted by atomic mass is 9.92. The summed E-state index contributed by atoms with van der Waals surface area (Å²) in [5.74, 6) is -0.151. The number of hydrogen-bond acceptors (Lipinski definition) is 2. The van der Waals surface area contributed by atoms with Crippen molar-refractivity contribution in [3.63, 3.8) is 0 Å². The first-order chi connectivity index (χ1) is 9.06. The fraction of sp³-hybridized carbons (Fsp3) is 0.267. The minimum absolute atomic E-state index is 0.634. The second kappa shape index (κ2) is 4.14. The van der Waals surface area contributed by atoms with Crippen molar-refractivity contribution in [2.45, 2.75) is 18.3 Å². The van der Waals surface area contributed by atoms with E-state index in [2.05, 4.69) is 0 Å². The van der Waals surface area contributed by atoms with Crippen LogP contribution in [0.25, 0.3) is 10.8 Å². The van der Waals surface area contributed by atoms with Gasteiger partial charge < -0.3 is 9.84 Å². The Hall–Kier alpha value is -1.74. The normalized spacial score (nSPS) is 16.3. The zero-order valence-corrected chi connectivity index (χ0v) is 11.2. The summed E-state index contributed by atoms with van der Waals surface area (Å²) in [4.78, 5) is 11.5. The number of carboxylic acid groups (broad SMARTS) is 1. The molecule has 2 aromatic carbocycles. The van der Waals surface area contributed by atoms with Crippen LogP contribution in [0.15, 0.2) is 30.3 Å². The minimum atomic E-state index is -0.785. The van der Waals surface area contributed by atoms with Gasteiger partial charge in [0.25, 0.3) is 0 Å². The van der Waals surface area contributed by atoms with Gasteiger partial charge in [-0.25, -0.2) is 0 Å². The number of rotatable bonds is 3. The van der Waals surface area contributed by atoms with Crippen molar-refractivity contribution in [2.75, 3.05) is 7.11 Å². The van der Waals surface area contributed by atoms with Crippen LogP contribution in [-0.2, 0) is 10.2 Å². The Labute approximate surface area is 115 Å². The molecule has 3 rings (SSSR count). The Morgan fingerprint density at radius 3 is 2.58 bits per heavy atom. The van der Waals surface area contributed by atoms with Gasteiger partial charge in [0.15, 0.2) is 0 Å². The molecule has 1 fully saturated rings. The highest BCUT2D eigenvalue weighted by Gasteiger charge is 2.53. The predicted molar refractivity (Wildman–Crippen MR) is 74.1 cm³/mol. The van der Waals surface area contributed by atoms with Crippen LogP contribution >= 0.6 is 11.6 Å². The largest absolute Gasteiger partial charge is 0.496 e. The first-order valence-electron chi connectivity index (χ1n) is 6.08. The molecule has 3 nitrogen and oxygen atoms in total. The fourth-order valence-electron chi connectivity index (χ4n) is 2.51. The average Bonchev–Trinajstić information content (AvgIpc) is 3.18. The van der Waals surface area contributed by atoms with E-state index in [4.69, 9.17) is 16.3 Å². The Balaban J connectivity index is 2.25. The summed E-state index contributed by atoms with van der Waals surface area (Å²) >= 11 is 5.99. The van der Waals surface area contributed by atoms with Crippen LogP contribution in [0.3, 0.4) is 0 Å². The van der Waals surface area contributed by atoms with E-state index in [0.29, 0.717) is 23.6 Å². The molecule has 98 valence electrons. The highest BCUT2D eigenvalue weighted by atomic mass is 35.5. The van der Waals surface area contributed by atoms with E-state index < -0.39 is 11.4 Å². The topological polar surface area (TPSA) is 46.5 Å². The van der Waals surface area contributed by atoms with Gasteiger partial charge in [-0.3, -0.25) is 4.79 Å². The fourth-order valence-corrected chi connectivity index (χ4v) is 2.69. The summed E-state index contributed by atoms with van der Waals surface area (Å²) in [5, 5.41) is 12.0. The lowest BCUT2D eigenvalue weighted by Crippen LogP contribution is -2.20. The molecule has 0 unspecified atom stereocenters. The highest BCUT2D eigenvalue weighted by Crippen LogP contribution is 2.52. The van der Waals surface area contributed by atoms with Gasteiger partial charge in [-0.1, -0.05) is 17.7 Å². The minimum Gasteiger partial charge on any atom is -0.496 e. The Morgan fingerprint density at radius 1 is 1.26 bits per heavy atom. The summed E-state index contributed by atoms with van der Waals surface area (Å²) in [6.45, 7) is 0. The Morgan fingerprint density at radius 2 is 2.00 bits per heavy atom. The molecule has 1 aliphatic carbocycles. The van der Waals surface area contributed by atoms with Gasteiger partial charge in [-0.2, -0.15) is 0 Å². The molecule has 1 aliphatic rings. The maximum atomic E-state index is 11.5. The van der Waals surface area contributed by atoms with Gasteiger partial charge in [0.1, 0.15) is 5.75 Å². The van der Waals surface area contributed by atoms with Gasteiger partial charge in [0.05, 0.1) is 12.5 Å². The molecule has 0 radical (unpaired) electrons. The number of aliphatic carboxylic acids is 1. The molecule has 0 amide bonds. The third kappa shape index (κ3) is 1.85. The van der Waals surface area contributed by atoms with Gasteiger partial charge in [-0.05, 0) is 47.9 Å². The molecule has 0 bridgehead atoms. The lowest BCUT2D eigenvalue weighted by Gasteiger charge is -2.16. The molecule has 4 heteroatoms. The monoisotopic (exact) mass is 276 g/mol. The van der Waals surface area contributed by atoms with Crippen LogP contribution in [-0.4, -0.2) is 18.2 Å². The molecule has 0 aliphatic heterocycles. The van der Waals surface area contributed by atoms with Gasteiger partial charge >= 0.3 is 5.97 Å². The molecule has 0 spiro atoms. The van der Waals surface area contributed by atoms with Crippen molar-refractivity contribution in [1.29, 1.82) is 0 Å². The molecular weight excluding hydrogens is 264 g/mol. The van der Waals surface area contributed by atoms with Gasteiger partial charge in [0.2, 0.25) is 0 Å². The number of benzene rings is 2. The van der Waals surface area contributed by atoms with Crippen LogP contribution in [0.4, 0.5) is 0 Å². The van der Waals surface area contributed by atoms with E-state index >= 15 is 0 Å². The molecule has 0 atom stereocenters. The first-order valence-corrected chi connectivity index (χ1v) is 6.46. The summed E-state index contributed by atoms with van der Waals surface area (Å²) in [6, 6.07) is 9.33. The van der Waals surface area contributed by atoms with Crippen LogP contribution in [0, 0.1) is 0 Å². The smallest absolute Gasteiger partial charge is 0.314 e. The third-order valence-corrected chi connectivity index (χ3v) is 4.03. The maximum absolute atomic E-state index is 11.5. The average molecular weight is 277 g/mol. The molecule has 0 saturated heterocycles. The quantitative estimate of drug-likeness (QED) is 0.931. The number of fused-ring (bicyclic) bond motifs is 1. The van der Waals surface area contributed by atoms with Crippen molar-refractivity contribution in [3.05, 3.63) is 40.9 Å². The number of halogens is 1. The molecule has 0 heterocycles. The van der Waals surface area contributed by atoms with Crippen molar-refractivity contribution >= 4 is 28.3 Å². The summed E-state index contributed by atoms with van der Waals surface area (Å²) in [5.41, 5.74) is -0.0285. The van der Waals surface area contributed by atoms with Crippen molar-refractivity contribution in [1.82, 2.24) is 0 Å². The molecule has 2 aromatic rings. The van der Waals surface area contributed by atoms with Gasteiger partial charge in [0, 0.05) is 10.6 Å². The van der Waals surface area contributed by atoms with Crippen molar-refractivity contribution < 1.29 is 14.6 Å². The van der Waals surface area contributed by atoms with E-state index in [0.717, 1.165) is 16.3 Å². The zero-order valence-electron chi connectivity index (χ0n) is 10.4. The summed E-state index contributed by atoms with van der Waals surface area (Å²) < 4.78 is 5.36. The van der Waals surface area contributed by atoms with Crippen LogP contribution in [0.5, 0.6) is 5.75 Å². The Bertz CT molecular complexity index is 674. The summed E-state index contributed by atoms with van der Waals surface area (Å²) in [7, 11) is 1.57. The van der Waals surface area contributed by atoms with Crippen LogP contribution in [0.1, 0.15) is 18.4 Å². The second-order valence-electron chi connectivity index (χ2n) is 4.93. The van der Waals surface area contributed by atoms with E-state index in [1.807, 2.05) is 30.3 Å². The maximum Gasteiger partial charge on any atom is 0.314 e. The molecule has 19 heavy (non-hydrogen) atoms. The predicted octanol–water partition coefficient (Wildman–Crippen LogP) is 3.62. The molecule has 1 N–H and O–H groups in total. The van der Waals surface area contributed by atoms with E-state index in [1.165, 1.54) is 0 Å². The number of ether oxygens (including phenoxy) is 1. The highest BCUT2D eigenvalue weighted by molar-refractivity contribution is 6.31. The van der Waals surface area contributed by atoms with Crippen LogP contribution < -0.4 is 4.74 Å². The molecular formula is C15H13ClO3. The zero-order chi connectivity index (χ0) is 13.6. The van der Waals surface area contributed by atoms with Crippen molar-refractivity contribution in [3.8, 4) is 5.75 Å². The van der Waals surface area contributed by atoms with E-state index in [1.54, 1.807) is 7.11 Å². The van der Waals surface area contributed by atoms with E-state index in [9.17, 15) is 9.90 Å².